The van der Waals surface area contributed by atoms with Gasteiger partial charge in [-0.2, -0.15) is 0 Å². The molecule has 0 radical (unpaired) electrons. The minimum Gasteiger partial charge on any atom is -0.463 e. The van der Waals surface area contributed by atoms with Crippen LogP contribution in [0.5, 0.6) is 0 Å². The number of hydrogen-bond acceptors (Lipinski definition) is 3. The van der Waals surface area contributed by atoms with Crippen molar-refractivity contribution in [2.75, 3.05) is 13.1 Å². The average molecular weight is 277 g/mol. The molecule has 2 rings (SSSR count). The van der Waals surface area contributed by atoms with E-state index in [0.29, 0.717) is 23.7 Å². The number of aromatic nitrogens is 1. The van der Waals surface area contributed by atoms with Crippen molar-refractivity contribution in [3.8, 4) is 0 Å². The van der Waals surface area contributed by atoms with Crippen molar-refractivity contribution in [2.45, 2.75) is 13.8 Å². The highest BCUT2D eigenvalue weighted by molar-refractivity contribution is 5.99. The Morgan fingerprint density at radius 2 is 2.10 bits per heavy atom. The van der Waals surface area contributed by atoms with Crippen molar-refractivity contribution < 1.29 is 14.0 Å². The second-order valence-corrected chi connectivity index (χ2v) is 5.14. The van der Waals surface area contributed by atoms with Crippen LogP contribution < -0.4 is 10.6 Å². The summed E-state index contributed by atoms with van der Waals surface area (Å²) in [5.74, 6) is -0.0991. The molecule has 2 aromatic heterocycles. The van der Waals surface area contributed by atoms with Crippen molar-refractivity contribution in [1.82, 2.24) is 15.2 Å². The average Bonchev–Trinajstić information content (AvgIpc) is 2.97. The number of carbonyl (C=O) groups excluding carboxylic acids is 2. The molecule has 0 saturated carbocycles. The van der Waals surface area contributed by atoms with Gasteiger partial charge in [0.15, 0.2) is 5.58 Å². The molecular formula is C14H19N3O3. The second-order valence-electron chi connectivity index (χ2n) is 5.14. The lowest BCUT2D eigenvalue weighted by molar-refractivity contribution is -0.120. The summed E-state index contributed by atoms with van der Waals surface area (Å²) in [5, 5.41) is 5.35. The monoisotopic (exact) mass is 277 g/mol. The molecule has 0 unspecified atom stereocenters. The van der Waals surface area contributed by atoms with Crippen molar-refractivity contribution >= 4 is 22.9 Å². The predicted octanol–water partition coefficient (Wildman–Crippen LogP) is 1.27. The molecule has 2 amide bonds. The van der Waals surface area contributed by atoms with Crippen LogP contribution >= 0.6 is 0 Å². The summed E-state index contributed by atoms with van der Waals surface area (Å²) < 4.78 is 6.98. The zero-order valence-electron chi connectivity index (χ0n) is 11.9. The molecule has 20 heavy (non-hydrogen) atoms. The molecule has 0 aliphatic rings. The van der Waals surface area contributed by atoms with E-state index in [9.17, 15) is 9.59 Å². The largest absolute Gasteiger partial charge is 0.463 e. The second kappa shape index (κ2) is 5.81. The van der Waals surface area contributed by atoms with Gasteiger partial charge in [0.25, 0.3) is 5.91 Å². The smallest absolute Gasteiger partial charge is 0.268 e. The maximum Gasteiger partial charge on any atom is 0.268 e. The molecule has 108 valence electrons. The van der Waals surface area contributed by atoms with Gasteiger partial charge in [0.1, 0.15) is 5.69 Å². The molecule has 2 aromatic rings. The third-order valence-corrected chi connectivity index (χ3v) is 3.01. The van der Waals surface area contributed by atoms with Gasteiger partial charge in [-0.1, -0.05) is 13.8 Å². The Labute approximate surface area is 117 Å². The molecule has 0 bridgehead atoms. The third-order valence-electron chi connectivity index (χ3n) is 3.01. The van der Waals surface area contributed by atoms with E-state index in [-0.39, 0.29) is 18.4 Å². The fraction of sp³-hybridized carbons (Fsp3) is 0.429. The SMILES string of the molecule is CC(C)CNC(=O)CNC(=O)c1cc2occc2n1C. The van der Waals surface area contributed by atoms with Gasteiger partial charge in [-0.15, -0.1) is 0 Å². The summed E-state index contributed by atoms with van der Waals surface area (Å²) in [6.07, 6.45) is 1.58. The Kier molecular flexibility index (Phi) is 4.12. The van der Waals surface area contributed by atoms with E-state index in [4.69, 9.17) is 4.42 Å². The number of fused-ring (bicyclic) bond motifs is 1. The van der Waals surface area contributed by atoms with Gasteiger partial charge in [-0.05, 0) is 5.92 Å². The Morgan fingerprint density at radius 1 is 1.35 bits per heavy atom. The van der Waals surface area contributed by atoms with E-state index in [1.807, 2.05) is 13.8 Å². The molecule has 0 aliphatic heterocycles. The van der Waals surface area contributed by atoms with Crippen LogP contribution in [-0.4, -0.2) is 29.5 Å². The molecular weight excluding hydrogens is 258 g/mol. The maximum atomic E-state index is 12.0. The molecule has 0 atom stereocenters. The van der Waals surface area contributed by atoms with Gasteiger partial charge in [-0.25, -0.2) is 0 Å². The fourth-order valence-corrected chi connectivity index (χ4v) is 1.90. The lowest BCUT2D eigenvalue weighted by Crippen LogP contribution is -2.38. The van der Waals surface area contributed by atoms with Gasteiger partial charge in [0, 0.05) is 25.7 Å². The highest BCUT2D eigenvalue weighted by Gasteiger charge is 2.15. The van der Waals surface area contributed by atoms with E-state index < -0.39 is 0 Å². The van der Waals surface area contributed by atoms with Gasteiger partial charge in [-0.3, -0.25) is 9.59 Å². The Hall–Kier alpha value is -2.24. The predicted molar refractivity (Wildman–Crippen MR) is 75.4 cm³/mol. The van der Waals surface area contributed by atoms with Crippen LogP contribution in [0.25, 0.3) is 11.1 Å². The summed E-state index contributed by atoms with van der Waals surface area (Å²) in [6, 6.07) is 3.46. The number of amides is 2. The van der Waals surface area contributed by atoms with Crippen LogP contribution in [0, 0.1) is 5.92 Å². The van der Waals surface area contributed by atoms with E-state index in [0.717, 1.165) is 5.52 Å². The van der Waals surface area contributed by atoms with Crippen molar-refractivity contribution in [1.29, 1.82) is 0 Å². The summed E-state index contributed by atoms with van der Waals surface area (Å²) in [4.78, 5) is 23.6. The number of hydrogen-bond donors (Lipinski definition) is 2. The number of rotatable bonds is 5. The molecule has 2 N–H and O–H groups in total. The van der Waals surface area contributed by atoms with E-state index in [2.05, 4.69) is 10.6 Å². The molecule has 0 fully saturated rings. The van der Waals surface area contributed by atoms with Crippen molar-refractivity contribution in [3.05, 3.63) is 24.1 Å². The maximum absolute atomic E-state index is 12.0. The number of aryl methyl sites for hydroxylation is 1. The van der Waals surface area contributed by atoms with Crippen molar-refractivity contribution in [2.24, 2.45) is 13.0 Å². The third kappa shape index (κ3) is 3.01. The molecule has 0 aliphatic carbocycles. The standard InChI is InChI=1S/C14H19N3O3/c1-9(2)7-15-13(18)8-16-14(19)11-6-12-10(17(11)3)4-5-20-12/h4-6,9H,7-8H2,1-3H3,(H,15,18)(H,16,19). The highest BCUT2D eigenvalue weighted by atomic mass is 16.3. The lowest BCUT2D eigenvalue weighted by atomic mass is 10.2. The summed E-state index contributed by atoms with van der Waals surface area (Å²) >= 11 is 0. The minimum absolute atomic E-state index is 0.0297. The number of nitrogens with zero attached hydrogens (tertiary/aromatic N) is 1. The zero-order valence-corrected chi connectivity index (χ0v) is 11.9. The first-order valence-corrected chi connectivity index (χ1v) is 6.57. The first kappa shape index (κ1) is 14.2. The lowest BCUT2D eigenvalue weighted by Gasteiger charge is -2.09. The first-order valence-electron chi connectivity index (χ1n) is 6.57. The quantitative estimate of drug-likeness (QED) is 0.864. The first-order chi connectivity index (χ1) is 9.49. The van der Waals surface area contributed by atoms with Crippen LogP contribution in [0.2, 0.25) is 0 Å². The zero-order chi connectivity index (χ0) is 14.7. The number of carbonyl (C=O) groups is 2. The van der Waals surface area contributed by atoms with Gasteiger partial charge in [0.2, 0.25) is 5.91 Å². The van der Waals surface area contributed by atoms with E-state index in [1.165, 1.54) is 0 Å². The normalized spacial score (nSPS) is 11.0. The van der Waals surface area contributed by atoms with E-state index in [1.54, 1.807) is 30.0 Å². The highest BCUT2D eigenvalue weighted by Crippen LogP contribution is 2.19. The summed E-state index contributed by atoms with van der Waals surface area (Å²) in [6.45, 7) is 4.60. The summed E-state index contributed by atoms with van der Waals surface area (Å²) in [5.41, 5.74) is 1.97. The molecule has 0 saturated heterocycles. The molecule has 2 heterocycles. The Morgan fingerprint density at radius 3 is 2.75 bits per heavy atom. The Balaban J connectivity index is 1.93. The number of nitrogens with one attached hydrogen (secondary N) is 2. The minimum atomic E-state index is -0.293. The van der Waals surface area contributed by atoms with Gasteiger partial charge >= 0.3 is 0 Å². The van der Waals surface area contributed by atoms with Gasteiger partial charge in [0.05, 0.1) is 18.3 Å². The number of furan rings is 1. The van der Waals surface area contributed by atoms with Crippen LogP contribution in [0.3, 0.4) is 0 Å². The van der Waals surface area contributed by atoms with Gasteiger partial charge < -0.3 is 19.6 Å². The van der Waals surface area contributed by atoms with Crippen LogP contribution in [0.1, 0.15) is 24.3 Å². The fourth-order valence-electron chi connectivity index (χ4n) is 1.90. The van der Waals surface area contributed by atoms with Crippen molar-refractivity contribution in [3.63, 3.8) is 0 Å². The van der Waals surface area contributed by atoms with Crippen LogP contribution in [0.15, 0.2) is 22.8 Å². The van der Waals surface area contributed by atoms with E-state index >= 15 is 0 Å². The van der Waals surface area contributed by atoms with Crippen LogP contribution in [-0.2, 0) is 11.8 Å². The molecule has 0 aromatic carbocycles. The summed E-state index contributed by atoms with van der Waals surface area (Å²) in [7, 11) is 1.78. The molecule has 0 spiro atoms. The topological polar surface area (TPSA) is 76.3 Å². The molecule has 6 heteroatoms. The van der Waals surface area contributed by atoms with Crippen LogP contribution in [0.4, 0.5) is 0 Å². The molecule has 6 nitrogen and oxygen atoms in total. The Bertz CT molecular complexity index is 625.